The molecule has 1 atom stereocenters. The molecule has 3 heterocycles. The second-order valence-electron chi connectivity index (χ2n) is 11.3. The van der Waals surface area contributed by atoms with Gasteiger partial charge in [0.2, 0.25) is 5.91 Å². The number of aliphatic carboxylic acids is 1. The van der Waals surface area contributed by atoms with Gasteiger partial charge in [0.15, 0.2) is 0 Å². The van der Waals surface area contributed by atoms with Gasteiger partial charge in [0.05, 0.1) is 22.7 Å². The van der Waals surface area contributed by atoms with Crippen LogP contribution in [0.15, 0.2) is 47.4 Å². The van der Waals surface area contributed by atoms with Gasteiger partial charge in [-0.05, 0) is 50.4 Å². The van der Waals surface area contributed by atoms with Crippen LogP contribution < -0.4 is 15.8 Å². The lowest BCUT2D eigenvalue weighted by molar-refractivity contribution is -0.137. The van der Waals surface area contributed by atoms with Crippen LogP contribution >= 0.6 is 0 Å². The molecule has 2 aliphatic rings. The maximum atomic E-state index is 13.4. The number of pyridine rings is 1. The van der Waals surface area contributed by atoms with Crippen molar-refractivity contribution in [3.63, 3.8) is 0 Å². The molecule has 10 heteroatoms. The summed E-state index contributed by atoms with van der Waals surface area (Å²) in [5, 5.41) is 12.4. The van der Waals surface area contributed by atoms with Gasteiger partial charge in [-0.3, -0.25) is 28.9 Å². The molecule has 0 bridgehead atoms. The first-order valence-electron chi connectivity index (χ1n) is 16.3. The van der Waals surface area contributed by atoms with Crippen molar-refractivity contribution >= 4 is 29.4 Å². The fraction of sp³-hybridized carbons (Fsp3) is 0.559. The Balaban J connectivity index is 0.00000259. The third-order valence-corrected chi connectivity index (χ3v) is 8.14. The predicted molar refractivity (Wildman–Crippen MR) is 171 cm³/mol. The van der Waals surface area contributed by atoms with Crippen molar-refractivity contribution in [2.75, 3.05) is 31.1 Å². The predicted octanol–water partition coefficient (Wildman–Crippen LogP) is 5.10. The molecule has 240 valence electrons. The number of rotatable bonds is 16. The van der Waals surface area contributed by atoms with E-state index in [9.17, 15) is 24.0 Å². The number of hydrogen-bond donors (Lipinski definition) is 2. The Hall–Kier alpha value is -3.79. The molecule has 0 spiro atoms. The van der Waals surface area contributed by atoms with E-state index in [4.69, 9.17) is 5.11 Å². The molecule has 44 heavy (non-hydrogen) atoms. The molecule has 10 nitrogen and oxygen atoms in total. The number of fused-ring (bicyclic) bond motifs is 1. The van der Waals surface area contributed by atoms with E-state index in [1.54, 1.807) is 35.2 Å². The highest BCUT2D eigenvalue weighted by molar-refractivity contribution is 6.21. The smallest absolute Gasteiger partial charge is 0.323 e. The highest BCUT2D eigenvalue weighted by Gasteiger charge is 2.34. The van der Waals surface area contributed by atoms with Gasteiger partial charge in [0.25, 0.3) is 17.4 Å². The van der Waals surface area contributed by atoms with Crippen molar-refractivity contribution in [1.82, 2.24) is 14.8 Å². The van der Waals surface area contributed by atoms with Crippen molar-refractivity contribution < 1.29 is 24.3 Å². The largest absolute Gasteiger partial charge is 0.480 e. The highest BCUT2D eigenvalue weighted by atomic mass is 16.4. The number of unbranched alkanes of at least 4 members (excludes halogenated alkanes) is 8. The molecule has 1 aromatic carbocycles. The SMILES string of the molecule is CC.O=C(O)Cn1cc(N(CCCCCCCCCCCN2C(=O)c3ccccc3C2=O)C(=O)C2CCCNC2)ccc1=O. The van der Waals surface area contributed by atoms with Crippen LogP contribution in [0.5, 0.6) is 0 Å². The number of benzene rings is 1. The molecule has 2 N–H and O–H groups in total. The summed E-state index contributed by atoms with van der Waals surface area (Å²) < 4.78 is 1.14. The summed E-state index contributed by atoms with van der Waals surface area (Å²) in [5.74, 6) is -1.59. The second-order valence-corrected chi connectivity index (χ2v) is 11.3. The Labute approximate surface area is 260 Å². The van der Waals surface area contributed by atoms with E-state index >= 15 is 0 Å². The van der Waals surface area contributed by atoms with Crippen molar-refractivity contribution in [2.45, 2.75) is 91.0 Å². The molecule has 3 amide bonds. The fourth-order valence-electron chi connectivity index (χ4n) is 5.82. The summed E-state index contributed by atoms with van der Waals surface area (Å²) in [6.45, 7) is 6.08. The Bertz CT molecular complexity index is 1280. The minimum Gasteiger partial charge on any atom is -0.480 e. The highest BCUT2D eigenvalue weighted by Crippen LogP contribution is 2.24. The van der Waals surface area contributed by atoms with Crippen LogP contribution in [-0.2, 0) is 16.1 Å². The Morgan fingerprint density at radius 3 is 2.02 bits per heavy atom. The molecule has 1 saturated heterocycles. The average Bonchev–Trinajstić information content (AvgIpc) is 3.28. The normalized spacial score (nSPS) is 15.9. The Morgan fingerprint density at radius 1 is 0.864 bits per heavy atom. The topological polar surface area (TPSA) is 129 Å². The van der Waals surface area contributed by atoms with E-state index in [0.29, 0.717) is 36.4 Å². The molecule has 0 aliphatic carbocycles. The van der Waals surface area contributed by atoms with Crippen LogP contribution in [0, 0.1) is 5.92 Å². The number of carbonyl (C=O) groups excluding carboxylic acids is 3. The number of carbonyl (C=O) groups is 4. The monoisotopic (exact) mass is 608 g/mol. The number of hydrogen-bond acceptors (Lipinski definition) is 6. The number of nitrogens with one attached hydrogen (secondary N) is 1. The zero-order valence-electron chi connectivity index (χ0n) is 26.3. The van der Waals surface area contributed by atoms with Crippen LogP contribution in [0.25, 0.3) is 0 Å². The summed E-state index contributed by atoms with van der Waals surface area (Å²) in [4.78, 5) is 64.7. The third kappa shape index (κ3) is 9.61. The van der Waals surface area contributed by atoms with Crippen LogP contribution in [0.1, 0.15) is 105 Å². The number of carboxylic acid groups (broad SMARTS) is 1. The van der Waals surface area contributed by atoms with Crippen LogP contribution in [0.4, 0.5) is 5.69 Å². The maximum absolute atomic E-state index is 13.4. The first-order valence-corrected chi connectivity index (χ1v) is 16.3. The van der Waals surface area contributed by atoms with E-state index in [0.717, 1.165) is 81.7 Å². The zero-order chi connectivity index (χ0) is 31.9. The summed E-state index contributed by atoms with van der Waals surface area (Å²) in [7, 11) is 0. The molecular formula is C34H48N4O6. The lowest BCUT2D eigenvalue weighted by Crippen LogP contribution is -2.44. The average molecular weight is 609 g/mol. The van der Waals surface area contributed by atoms with Crippen molar-refractivity contribution in [3.8, 4) is 0 Å². The number of amides is 3. The minimum atomic E-state index is -1.11. The maximum Gasteiger partial charge on any atom is 0.323 e. The number of anilines is 1. The summed E-state index contributed by atoms with van der Waals surface area (Å²) in [5.41, 5.74) is 1.16. The Morgan fingerprint density at radius 2 is 1.45 bits per heavy atom. The number of carboxylic acids is 1. The van der Waals surface area contributed by atoms with E-state index < -0.39 is 18.1 Å². The van der Waals surface area contributed by atoms with Gasteiger partial charge in [-0.15, -0.1) is 0 Å². The molecule has 1 aromatic heterocycles. The zero-order valence-corrected chi connectivity index (χ0v) is 26.3. The van der Waals surface area contributed by atoms with Gasteiger partial charge in [-0.1, -0.05) is 70.9 Å². The molecular weight excluding hydrogens is 560 g/mol. The molecule has 2 aromatic rings. The standard InChI is InChI=1S/C32H42N4O6.C2H6/c37-28-17-16-25(22-34(28)23-29(38)39)35(30(40)24-13-12-18-33-21-24)19-10-6-4-2-1-3-5-7-11-20-36-31(41)26-14-8-9-15-27(26)32(36)42;1-2/h8-9,14-17,22,24,33H,1-7,10-13,18-21,23H2,(H,38,39);1-2H3. The first kappa shape index (κ1) is 34.7. The van der Waals surface area contributed by atoms with Gasteiger partial charge < -0.3 is 19.9 Å². The number of aromatic nitrogens is 1. The van der Waals surface area contributed by atoms with Crippen molar-refractivity contribution in [3.05, 3.63) is 64.1 Å². The summed E-state index contributed by atoms with van der Waals surface area (Å²) in [6.07, 6.45) is 12.3. The van der Waals surface area contributed by atoms with Crippen LogP contribution in [-0.4, -0.2) is 64.4 Å². The third-order valence-electron chi connectivity index (χ3n) is 8.14. The van der Waals surface area contributed by atoms with Crippen LogP contribution in [0.3, 0.4) is 0 Å². The quantitative estimate of drug-likeness (QED) is 0.200. The first-order chi connectivity index (χ1) is 21.4. The van der Waals surface area contributed by atoms with Gasteiger partial charge in [0, 0.05) is 31.9 Å². The van der Waals surface area contributed by atoms with Crippen molar-refractivity contribution in [1.29, 1.82) is 0 Å². The molecule has 0 saturated carbocycles. The molecule has 4 rings (SSSR count). The summed E-state index contributed by atoms with van der Waals surface area (Å²) >= 11 is 0. The van der Waals surface area contributed by atoms with Gasteiger partial charge in [0.1, 0.15) is 6.54 Å². The van der Waals surface area contributed by atoms with E-state index in [-0.39, 0.29) is 23.6 Å². The molecule has 1 unspecified atom stereocenters. The molecule has 2 aliphatic heterocycles. The fourth-order valence-corrected chi connectivity index (χ4v) is 5.82. The van der Waals surface area contributed by atoms with Gasteiger partial charge in [-0.2, -0.15) is 0 Å². The minimum absolute atomic E-state index is 0.0175. The molecule has 1 fully saturated rings. The summed E-state index contributed by atoms with van der Waals surface area (Å²) in [6, 6.07) is 9.93. The second kappa shape index (κ2) is 18.1. The van der Waals surface area contributed by atoms with E-state index in [1.165, 1.54) is 17.2 Å². The number of nitrogens with zero attached hydrogens (tertiary/aromatic N) is 3. The van der Waals surface area contributed by atoms with Crippen LogP contribution in [0.2, 0.25) is 0 Å². The van der Waals surface area contributed by atoms with Gasteiger partial charge >= 0.3 is 5.97 Å². The molecule has 0 radical (unpaired) electrons. The lowest BCUT2D eigenvalue weighted by Gasteiger charge is -2.30. The van der Waals surface area contributed by atoms with Gasteiger partial charge in [-0.25, -0.2) is 0 Å². The number of imide groups is 1. The Kier molecular flexibility index (Phi) is 14.3. The van der Waals surface area contributed by atoms with Crippen molar-refractivity contribution in [2.24, 2.45) is 5.92 Å². The van der Waals surface area contributed by atoms with E-state index in [1.807, 2.05) is 13.8 Å². The lowest BCUT2D eigenvalue weighted by atomic mass is 9.97. The van der Waals surface area contributed by atoms with E-state index in [2.05, 4.69) is 5.32 Å². The number of piperidine rings is 1.